The van der Waals surface area contributed by atoms with E-state index in [0.29, 0.717) is 12.0 Å². The molecule has 1 fully saturated rings. The van der Waals surface area contributed by atoms with Crippen molar-refractivity contribution in [3.8, 4) is 0 Å². The molecule has 72 valence electrons. The maximum absolute atomic E-state index is 12.4. The van der Waals surface area contributed by atoms with Gasteiger partial charge < -0.3 is 4.90 Å². The van der Waals surface area contributed by atoms with Crippen molar-refractivity contribution in [1.29, 1.82) is 0 Å². The first-order valence-corrected chi connectivity index (χ1v) is 4.89. The van der Waals surface area contributed by atoms with E-state index in [1.165, 1.54) is 6.42 Å². The second-order valence-corrected chi connectivity index (χ2v) is 4.48. The summed E-state index contributed by atoms with van der Waals surface area (Å²) in [6.07, 6.45) is 2.28. The third kappa shape index (κ3) is 2.44. The minimum atomic E-state index is -0.140. The Hall–Kier alpha value is -0.110. The van der Waals surface area contributed by atoms with Crippen molar-refractivity contribution in [2.24, 2.45) is 11.8 Å². The molecule has 1 saturated heterocycles. The van der Waals surface area contributed by atoms with Gasteiger partial charge in [0.05, 0.1) is 6.67 Å². The molecule has 1 aliphatic rings. The van der Waals surface area contributed by atoms with Crippen LogP contribution in [0.5, 0.6) is 0 Å². The van der Waals surface area contributed by atoms with Crippen LogP contribution in [0.25, 0.3) is 0 Å². The first-order valence-electron chi connectivity index (χ1n) is 4.89. The molecule has 1 heterocycles. The molecule has 1 rings (SSSR count). The summed E-state index contributed by atoms with van der Waals surface area (Å²) in [5.41, 5.74) is 0. The molecule has 0 bridgehead atoms. The van der Waals surface area contributed by atoms with Crippen molar-refractivity contribution in [3.63, 3.8) is 0 Å². The molecule has 0 N–H and O–H groups in total. The summed E-state index contributed by atoms with van der Waals surface area (Å²) in [5.74, 6) is 1.04. The van der Waals surface area contributed by atoms with E-state index in [1.807, 2.05) is 0 Å². The van der Waals surface area contributed by atoms with Crippen molar-refractivity contribution in [2.45, 2.75) is 32.7 Å². The highest BCUT2D eigenvalue weighted by Crippen LogP contribution is 2.26. The molecular formula is C10H20FN. The van der Waals surface area contributed by atoms with Crippen molar-refractivity contribution in [1.82, 2.24) is 4.90 Å². The fraction of sp³-hybridized carbons (Fsp3) is 1.00. The highest BCUT2D eigenvalue weighted by Gasteiger charge is 2.29. The number of hydrogen-bond acceptors (Lipinski definition) is 1. The van der Waals surface area contributed by atoms with E-state index in [1.54, 1.807) is 0 Å². The topological polar surface area (TPSA) is 3.24 Å². The van der Waals surface area contributed by atoms with Crippen LogP contribution < -0.4 is 0 Å². The highest BCUT2D eigenvalue weighted by atomic mass is 19.1. The van der Waals surface area contributed by atoms with E-state index in [0.717, 1.165) is 18.9 Å². The van der Waals surface area contributed by atoms with Gasteiger partial charge in [0.1, 0.15) is 0 Å². The lowest BCUT2D eigenvalue weighted by atomic mass is 9.99. The number of rotatable bonds is 3. The Labute approximate surface area is 74.9 Å². The van der Waals surface area contributed by atoms with Crippen molar-refractivity contribution < 1.29 is 4.39 Å². The minimum absolute atomic E-state index is 0.140. The summed E-state index contributed by atoms with van der Waals surface area (Å²) in [7, 11) is 2.11. The Morgan fingerprint density at radius 1 is 1.50 bits per heavy atom. The maximum atomic E-state index is 12.4. The standard InChI is InChI=1S/C10H20FN/c1-8(2)4-10-5-9(6-11)7-12(10)3/h8-10H,4-7H2,1-3H3/t9-,10?/m0/s1. The zero-order chi connectivity index (χ0) is 9.14. The molecule has 0 saturated carbocycles. The Morgan fingerprint density at radius 3 is 2.58 bits per heavy atom. The smallest absolute Gasteiger partial charge is 0.0935 e. The average Bonchev–Trinajstić information content (AvgIpc) is 2.31. The largest absolute Gasteiger partial charge is 0.303 e. The predicted octanol–water partition coefficient (Wildman–Crippen LogP) is 2.32. The Balaban J connectivity index is 2.35. The molecule has 0 amide bonds. The summed E-state index contributed by atoms with van der Waals surface area (Å²) >= 11 is 0. The second-order valence-electron chi connectivity index (χ2n) is 4.48. The lowest BCUT2D eigenvalue weighted by Gasteiger charge is -2.20. The fourth-order valence-corrected chi connectivity index (χ4v) is 2.13. The first-order chi connectivity index (χ1) is 5.63. The van der Waals surface area contributed by atoms with Crippen LogP contribution >= 0.6 is 0 Å². The molecule has 12 heavy (non-hydrogen) atoms. The van der Waals surface area contributed by atoms with Gasteiger partial charge in [0, 0.05) is 18.5 Å². The minimum Gasteiger partial charge on any atom is -0.303 e. The van der Waals surface area contributed by atoms with E-state index in [-0.39, 0.29) is 6.67 Å². The molecule has 2 heteroatoms. The third-order valence-corrected chi connectivity index (χ3v) is 2.74. The van der Waals surface area contributed by atoms with Gasteiger partial charge in [-0.15, -0.1) is 0 Å². The van der Waals surface area contributed by atoms with Gasteiger partial charge in [0.2, 0.25) is 0 Å². The van der Waals surface area contributed by atoms with Gasteiger partial charge in [0.15, 0.2) is 0 Å². The fourth-order valence-electron chi connectivity index (χ4n) is 2.13. The Bertz CT molecular complexity index is 136. The molecule has 0 aromatic heterocycles. The molecule has 0 aromatic rings. The van der Waals surface area contributed by atoms with Crippen LogP contribution in [0.1, 0.15) is 26.7 Å². The summed E-state index contributed by atoms with van der Waals surface area (Å²) in [4.78, 5) is 2.31. The van der Waals surface area contributed by atoms with E-state index in [4.69, 9.17) is 0 Å². The van der Waals surface area contributed by atoms with Gasteiger partial charge in [-0.05, 0) is 25.8 Å². The molecule has 1 unspecified atom stereocenters. The van der Waals surface area contributed by atoms with E-state index in [9.17, 15) is 4.39 Å². The van der Waals surface area contributed by atoms with Crippen LogP contribution in [0.3, 0.4) is 0 Å². The summed E-state index contributed by atoms with van der Waals surface area (Å²) in [6.45, 7) is 5.28. The van der Waals surface area contributed by atoms with Crippen molar-refractivity contribution >= 4 is 0 Å². The van der Waals surface area contributed by atoms with Gasteiger partial charge in [-0.3, -0.25) is 4.39 Å². The lowest BCUT2D eigenvalue weighted by molar-refractivity contribution is 0.269. The van der Waals surface area contributed by atoms with Gasteiger partial charge in [-0.1, -0.05) is 13.8 Å². The van der Waals surface area contributed by atoms with E-state index in [2.05, 4.69) is 25.8 Å². The van der Waals surface area contributed by atoms with Crippen LogP contribution in [-0.2, 0) is 0 Å². The predicted molar refractivity (Wildman–Crippen MR) is 50.0 cm³/mol. The van der Waals surface area contributed by atoms with Crippen LogP contribution in [0, 0.1) is 11.8 Å². The monoisotopic (exact) mass is 173 g/mol. The van der Waals surface area contributed by atoms with E-state index >= 15 is 0 Å². The molecule has 1 nitrogen and oxygen atoms in total. The van der Waals surface area contributed by atoms with Crippen LogP contribution in [0.2, 0.25) is 0 Å². The highest BCUT2D eigenvalue weighted by molar-refractivity contribution is 4.83. The normalized spacial score (nSPS) is 31.8. The molecular weight excluding hydrogens is 153 g/mol. The molecule has 0 radical (unpaired) electrons. The SMILES string of the molecule is CC(C)CC1C[C@@H](CF)CN1C. The maximum Gasteiger partial charge on any atom is 0.0935 e. The number of nitrogens with zero attached hydrogens (tertiary/aromatic N) is 1. The third-order valence-electron chi connectivity index (χ3n) is 2.74. The van der Waals surface area contributed by atoms with Gasteiger partial charge in [0.25, 0.3) is 0 Å². The van der Waals surface area contributed by atoms with Crippen LogP contribution in [0.15, 0.2) is 0 Å². The van der Waals surface area contributed by atoms with E-state index < -0.39 is 0 Å². The summed E-state index contributed by atoms with van der Waals surface area (Å²) in [6, 6.07) is 0.630. The van der Waals surface area contributed by atoms with Crippen molar-refractivity contribution in [2.75, 3.05) is 20.3 Å². The van der Waals surface area contributed by atoms with Gasteiger partial charge >= 0.3 is 0 Å². The Morgan fingerprint density at radius 2 is 2.17 bits per heavy atom. The number of likely N-dealkylation sites (tertiary alicyclic amines) is 1. The lowest BCUT2D eigenvalue weighted by Crippen LogP contribution is -2.26. The number of hydrogen-bond donors (Lipinski definition) is 0. The summed E-state index contributed by atoms with van der Waals surface area (Å²) < 4.78 is 12.4. The zero-order valence-corrected chi connectivity index (χ0v) is 8.39. The molecule has 2 atom stereocenters. The first kappa shape index (κ1) is 9.97. The second kappa shape index (κ2) is 4.22. The molecule has 0 spiro atoms. The van der Waals surface area contributed by atoms with Gasteiger partial charge in [-0.25, -0.2) is 0 Å². The summed E-state index contributed by atoms with van der Waals surface area (Å²) in [5, 5.41) is 0. The Kier molecular flexibility index (Phi) is 3.51. The number of alkyl halides is 1. The number of halogens is 1. The van der Waals surface area contributed by atoms with Gasteiger partial charge in [-0.2, -0.15) is 0 Å². The van der Waals surface area contributed by atoms with Crippen molar-refractivity contribution in [3.05, 3.63) is 0 Å². The van der Waals surface area contributed by atoms with Crippen LogP contribution in [-0.4, -0.2) is 31.2 Å². The molecule has 1 aliphatic heterocycles. The molecule has 0 aromatic carbocycles. The van der Waals surface area contributed by atoms with Crippen LogP contribution in [0.4, 0.5) is 4.39 Å². The quantitative estimate of drug-likeness (QED) is 0.633. The molecule has 0 aliphatic carbocycles. The zero-order valence-electron chi connectivity index (χ0n) is 8.39. The average molecular weight is 173 g/mol.